The molecule has 1 aliphatic rings. The van der Waals surface area contributed by atoms with Gasteiger partial charge >= 0.3 is 0 Å². The fraction of sp³-hybridized carbons (Fsp3) is 0.176. The van der Waals surface area contributed by atoms with E-state index in [1.807, 2.05) is 6.92 Å². The number of benzene rings is 2. The van der Waals surface area contributed by atoms with E-state index in [0.29, 0.717) is 22.6 Å². The lowest BCUT2D eigenvalue weighted by atomic mass is 10.1. The summed E-state index contributed by atoms with van der Waals surface area (Å²) in [6, 6.07) is 11.7. The van der Waals surface area contributed by atoms with Crippen molar-refractivity contribution in [3.63, 3.8) is 0 Å². The summed E-state index contributed by atoms with van der Waals surface area (Å²) in [5.74, 6) is 0.510. The molecule has 0 fully saturated rings. The van der Waals surface area contributed by atoms with E-state index < -0.39 is 5.91 Å². The summed E-state index contributed by atoms with van der Waals surface area (Å²) in [6.07, 6.45) is 0. The van der Waals surface area contributed by atoms with Crippen LogP contribution in [0.1, 0.15) is 39.2 Å². The van der Waals surface area contributed by atoms with Crippen LogP contribution in [0.3, 0.4) is 0 Å². The van der Waals surface area contributed by atoms with Crippen molar-refractivity contribution in [2.75, 3.05) is 6.79 Å². The second-order valence-electron chi connectivity index (χ2n) is 5.25. The van der Waals surface area contributed by atoms with E-state index in [9.17, 15) is 9.59 Å². The van der Waals surface area contributed by atoms with Crippen LogP contribution in [0.25, 0.3) is 0 Å². The number of nitrogens with two attached hydrogens (primary N) is 1. The Morgan fingerprint density at radius 1 is 1.04 bits per heavy atom. The molecule has 3 rings (SSSR count). The Hall–Kier alpha value is -3.02. The maximum atomic E-state index is 12.3. The van der Waals surface area contributed by atoms with Crippen LogP contribution in [-0.4, -0.2) is 18.6 Å². The van der Waals surface area contributed by atoms with Crippen molar-refractivity contribution in [3.8, 4) is 11.5 Å². The third-order valence-corrected chi connectivity index (χ3v) is 3.68. The molecule has 1 heterocycles. The quantitative estimate of drug-likeness (QED) is 0.903. The van der Waals surface area contributed by atoms with Crippen molar-refractivity contribution in [1.29, 1.82) is 0 Å². The summed E-state index contributed by atoms with van der Waals surface area (Å²) < 4.78 is 10.5. The smallest absolute Gasteiger partial charge is 0.251 e. The molecule has 2 amide bonds. The lowest BCUT2D eigenvalue weighted by Gasteiger charge is -2.15. The molecule has 0 spiro atoms. The van der Waals surface area contributed by atoms with Crippen LogP contribution >= 0.6 is 0 Å². The van der Waals surface area contributed by atoms with Crippen LogP contribution in [0.15, 0.2) is 42.5 Å². The number of primary amides is 1. The number of carbonyl (C=O) groups excluding carboxylic acids is 2. The van der Waals surface area contributed by atoms with Crippen LogP contribution in [0, 0.1) is 0 Å². The highest BCUT2D eigenvalue weighted by atomic mass is 16.7. The Morgan fingerprint density at radius 3 is 2.39 bits per heavy atom. The van der Waals surface area contributed by atoms with Gasteiger partial charge in [-0.25, -0.2) is 0 Å². The van der Waals surface area contributed by atoms with E-state index in [2.05, 4.69) is 5.32 Å². The number of hydrogen-bond acceptors (Lipinski definition) is 4. The van der Waals surface area contributed by atoms with Crippen molar-refractivity contribution >= 4 is 11.8 Å². The van der Waals surface area contributed by atoms with Gasteiger partial charge in [0, 0.05) is 11.1 Å². The molecule has 6 nitrogen and oxygen atoms in total. The molecule has 0 aliphatic carbocycles. The SMILES string of the molecule is CC(NC(=O)c1ccc2c(c1)OCO2)c1ccc(C(N)=O)cc1. The van der Waals surface area contributed by atoms with E-state index in [-0.39, 0.29) is 18.7 Å². The number of ether oxygens (including phenoxy) is 2. The van der Waals surface area contributed by atoms with Gasteiger partial charge in [-0.3, -0.25) is 9.59 Å². The van der Waals surface area contributed by atoms with E-state index in [1.54, 1.807) is 42.5 Å². The van der Waals surface area contributed by atoms with Crippen molar-refractivity contribution in [2.45, 2.75) is 13.0 Å². The molecule has 0 bridgehead atoms. The lowest BCUT2D eigenvalue weighted by molar-refractivity contribution is 0.0938. The van der Waals surface area contributed by atoms with Gasteiger partial charge in [-0.15, -0.1) is 0 Å². The highest BCUT2D eigenvalue weighted by Gasteiger charge is 2.17. The van der Waals surface area contributed by atoms with Crippen molar-refractivity contribution in [1.82, 2.24) is 5.32 Å². The normalized spacial score (nSPS) is 13.4. The van der Waals surface area contributed by atoms with E-state index in [1.165, 1.54) is 0 Å². The molecule has 0 saturated carbocycles. The minimum absolute atomic E-state index is 0.170. The number of amides is 2. The Bertz CT molecular complexity index is 756. The molecule has 1 unspecified atom stereocenters. The Kier molecular flexibility index (Phi) is 3.89. The number of fused-ring (bicyclic) bond motifs is 1. The lowest BCUT2D eigenvalue weighted by Crippen LogP contribution is -2.26. The molecule has 1 atom stereocenters. The molecule has 118 valence electrons. The molecule has 0 aromatic heterocycles. The van der Waals surface area contributed by atoms with Gasteiger partial charge in [0.15, 0.2) is 11.5 Å². The molecule has 1 aliphatic heterocycles. The Balaban J connectivity index is 1.70. The summed E-state index contributed by atoms with van der Waals surface area (Å²) in [6.45, 7) is 2.03. The molecule has 0 saturated heterocycles. The third-order valence-electron chi connectivity index (χ3n) is 3.68. The molecular formula is C17H16N2O4. The average molecular weight is 312 g/mol. The van der Waals surface area contributed by atoms with Gasteiger partial charge in [-0.1, -0.05) is 12.1 Å². The van der Waals surface area contributed by atoms with E-state index in [0.717, 1.165) is 5.56 Å². The van der Waals surface area contributed by atoms with Gasteiger partial charge in [-0.2, -0.15) is 0 Å². The van der Waals surface area contributed by atoms with E-state index >= 15 is 0 Å². The van der Waals surface area contributed by atoms with Crippen LogP contribution < -0.4 is 20.5 Å². The van der Waals surface area contributed by atoms with Crippen molar-refractivity contribution < 1.29 is 19.1 Å². The maximum Gasteiger partial charge on any atom is 0.251 e. The molecular weight excluding hydrogens is 296 g/mol. The molecule has 2 aromatic rings. The predicted octanol–water partition coefficient (Wildman–Crippen LogP) is 2.01. The van der Waals surface area contributed by atoms with Gasteiger partial charge in [-0.05, 0) is 42.8 Å². The largest absolute Gasteiger partial charge is 0.454 e. The maximum absolute atomic E-state index is 12.3. The van der Waals surface area contributed by atoms with Crippen LogP contribution in [0.4, 0.5) is 0 Å². The Morgan fingerprint density at radius 2 is 1.70 bits per heavy atom. The minimum atomic E-state index is -0.478. The molecule has 2 aromatic carbocycles. The molecule has 23 heavy (non-hydrogen) atoms. The first-order chi connectivity index (χ1) is 11.0. The average Bonchev–Trinajstić information content (AvgIpc) is 3.02. The van der Waals surface area contributed by atoms with Gasteiger partial charge in [0.2, 0.25) is 12.7 Å². The third kappa shape index (κ3) is 3.11. The summed E-state index contributed by atoms with van der Waals surface area (Å²) >= 11 is 0. The fourth-order valence-corrected chi connectivity index (χ4v) is 2.34. The summed E-state index contributed by atoms with van der Waals surface area (Å²) in [7, 11) is 0. The van der Waals surface area contributed by atoms with Gasteiger partial charge in [0.1, 0.15) is 0 Å². The fourth-order valence-electron chi connectivity index (χ4n) is 2.34. The van der Waals surface area contributed by atoms with E-state index in [4.69, 9.17) is 15.2 Å². The number of carbonyl (C=O) groups is 2. The van der Waals surface area contributed by atoms with Crippen LogP contribution in [0.5, 0.6) is 11.5 Å². The summed E-state index contributed by atoms with van der Waals surface area (Å²) in [5.41, 5.74) is 7.02. The Labute approximate surface area is 133 Å². The summed E-state index contributed by atoms with van der Waals surface area (Å²) in [4.78, 5) is 23.4. The number of nitrogens with one attached hydrogen (secondary N) is 1. The zero-order valence-electron chi connectivity index (χ0n) is 12.5. The van der Waals surface area contributed by atoms with Crippen molar-refractivity contribution in [3.05, 3.63) is 59.2 Å². The van der Waals surface area contributed by atoms with Gasteiger partial charge < -0.3 is 20.5 Å². The zero-order valence-corrected chi connectivity index (χ0v) is 12.5. The van der Waals surface area contributed by atoms with Crippen molar-refractivity contribution in [2.24, 2.45) is 5.73 Å². The minimum Gasteiger partial charge on any atom is -0.454 e. The first-order valence-corrected chi connectivity index (χ1v) is 7.15. The first-order valence-electron chi connectivity index (χ1n) is 7.15. The monoisotopic (exact) mass is 312 g/mol. The topological polar surface area (TPSA) is 90.7 Å². The summed E-state index contributed by atoms with van der Waals surface area (Å²) in [5, 5.41) is 2.90. The highest BCUT2D eigenvalue weighted by Crippen LogP contribution is 2.32. The first kappa shape index (κ1) is 14.9. The van der Waals surface area contributed by atoms with Crippen LogP contribution in [-0.2, 0) is 0 Å². The van der Waals surface area contributed by atoms with Gasteiger partial charge in [0.25, 0.3) is 5.91 Å². The molecule has 0 radical (unpaired) electrons. The molecule has 3 N–H and O–H groups in total. The number of rotatable bonds is 4. The second-order valence-corrected chi connectivity index (χ2v) is 5.25. The highest BCUT2D eigenvalue weighted by molar-refractivity contribution is 5.95. The number of hydrogen-bond donors (Lipinski definition) is 2. The molecule has 6 heteroatoms. The predicted molar refractivity (Wildman–Crippen MR) is 83.4 cm³/mol. The zero-order chi connectivity index (χ0) is 16.4. The van der Waals surface area contributed by atoms with Crippen LogP contribution in [0.2, 0.25) is 0 Å². The van der Waals surface area contributed by atoms with Gasteiger partial charge in [0.05, 0.1) is 6.04 Å². The standard InChI is InChI=1S/C17H16N2O4/c1-10(11-2-4-12(5-3-11)16(18)20)19-17(21)13-6-7-14-15(8-13)23-9-22-14/h2-8,10H,9H2,1H3,(H2,18,20)(H,19,21). The second kappa shape index (κ2) is 6.00.